The second-order valence-electron chi connectivity index (χ2n) is 5.06. The van der Waals surface area contributed by atoms with Gasteiger partial charge in [-0.05, 0) is 32.0 Å². The number of rotatable bonds is 5. The molecule has 1 rings (SSSR count). The Morgan fingerprint density at radius 1 is 1.33 bits per heavy atom. The average Bonchev–Trinajstić information content (AvgIpc) is 2.36. The van der Waals surface area contributed by atoms with Crippen molar-refractivity contribution in [3.05, 3.63) is 28.8 Å². The van der Waals surface area contributed by atoms with Gasteiger partial charge in [0.05, 0.1) is 16.0 Å². The highest BCUT2D eigenvalue weighted by atomic mass is 35.5. The molecule has 3 amide bonds. The van der Waals surface area contributed by atoms with Crippen LogP contribution in [0.15, 0.2) is 18.2 Å². The predicted octanol–water partition coefficient (Wildman–Crippen LogP) is 1.67. The minimum absolute atomic E-state index is 0.0118. The molecule has 1 aromatic rings. The number of carboxylic acids is 1. The van der Waals surface area contributed by atoms with Crippen molar-refractivity contribution in [2.75, 3.05) is 11.9 Å². The van der Waals surface area contributed by atoms with Gasteiger partial charge in [0, 0.05) is 12.2 Å². The maximum absolute atomic E-state index is 11.7. The molecule has 0 aliphatic rings. The van der Waals surface area contributed by atoms with Crippen LogP contribution < -0.4 is 16.4 Å². The molecule has 0 saturated heterocycles. The normalized spacial score (nSPS) is 10.8. The summed E-state index contributed by atoms with van der Waals surface area (Å²) in [6.07, 6.45) is 0. The lowest BCUT2D eigenvalue weighted by Crippen LogP contribution is -2.43. The zero-order valence-electron chi connectivity index (χ0n) is 11.6. The van der Waals surface area contributed by atoms with E-state index < -0.39 is 23.3 Å². The van der Waals surface area contributed by atoms with E-state index in [1.165, 1.54) is 18.2 Å². The molecule has 0 radical (unpaired) electrons. The van der Waals surface area contributed by atoms with Crippen LogP contribution in [-0.4, -0.2) is 29.6 Å². The lowest BCUT2D eigenvalue weighted by Gasteiger charge is -2.20. The van der Waals surface area contributed by atoms with Gasteiger partial charge in [-0.3, -0.25) is 4.79 Å². The molecule has 0 heterocycles. The Morgan fingerprint density at radius 3 is 2.43 bits per heavy atom. The third kappa shape index (κ3) is 4.64. The number of carbonyl (C=O) groups is 3. The summed E-state index contributed by atoms with van der Waals surface area (Å²) in [4.78, 5) is 33.6. The van der Waals surface area contributed by atoms with Crippen LogP contribution in [0.3, 0.4) is 0 Å². The first-order valence-electron chi connectivity index (χ1n) is 6.01. The Hall–Kier alpha value is -2.28. The molecule has 1 aromatic carbocycles. The molecule has 7 nitrogen and oxygen atoms in total. The second-order valence-corrected chi connectivity index (χ2v) is 5.46. The average molecular weight is 314 g/mol. The van der Waals surface area contributed by atoms with E-state index in [1.807, 2.05) is 0 Å². The van der Waals surface area contributed by atoms with Crippen molar-refractivity contribution in [2.24, 2.45) is 11.1 Å². The SMILES string of the molecule is CC(C)(CNC(=O)Nc1ccc(C(=O)O)c(Cl)c1)C(N)=O. The lowest BCUT2D eigenvalue weighted by molar-refractivity contribution is -0.125. The number of benzene rings is 1. The van der Waals surface area contributed by atoms with Gasteiger partial charge in [0.2, 0.25) is 5.91 Å². The van der Waals surface area contributed by atoms with E-state index in [2.05, 4.69) is 10.6 Å². The Kier molecular flexibility index (Phi) is 5.15. The number of carboxylic acid groups (broad SMARTS) is 1. The summed E-state index contributed by atoms with van der Waals surface area (Å²) in [5.41, 5.74) is 4.59. The number of primary amides is 1. The molecule has 0 unspecified atom stereocenters. The number of hydrogen-bond donors (Lipinski definition) is 4. The summed E-state index contributed by atoms with van der Waals surface area (Å²) >= 11 is 5.79. The summed E-state index contributed by atoms with van der Waals surface area (Å²) in [5, 5.41) is 13.8. The molecule has 0 fully saturated rings. The van der Waals surface area contributed by atoms with Crippen LogP contribution in [0.1, 0.15) is 24.2 Å². The zero-order chi connectivity index (χ0) is 16.2. The van der Waals surface area contributed by atoms with Gasteiger partial charge in [-0.15, -0.1) is 0 Å². The summed E-state index contributed by atoms with van der Waals surface area (Å²) < 4.78 is 0. The fraction of sp³-hybridized carbons (Fsp3) is 0.308. The van der Waals surface area contributed by atoms with Crippen molar-refractivity contribution >= 4 is 35.2 Å². The van der Waals surface area contributed by atoms with Crippen LogP contribution in [0.2, 0.25) is 5.02 Å². The van der Waals surface area contributed by atoms with Crippen LogP contribution in [0.4, 0.5) is 10.5 Å². The third-order valence-corrected chi connectivity index (χ3v) is 3.13. The first-order chi connectivity index (χ1) is 9.63. The molecular formula is C13H16ClN3O4. The number of amides is 3. The topological polar surface area (TPSA) is 122 Å². The highest BCUT2D eigenvalue weighted by Gasteiger charge is 2.25. The monoisotopic (exact) mass is 313 g/mol. The molecule has 21 heavy (non-hydrogen) atoms. The molecular weight excluding hydrogens is 298 g/mol. The maximum Gasteiger partial charge on any atom is 0.337 e. The van der Waals surface area contributed by atoms with E-state index in [0.29, 0.717) is 5.69 Å². The van der Waals surface area contributed by atoms with E-state index in [1.54, 1.807) is 13.8 Å². The van der Waals surface area contributed by atoms with Gasteiger partial charge in [-0.25, -0.2) is 9.59 Å². The van der Waals surface area contributed by atoms with Crippen molar-refractivity contribution in [3.8, 4) is 0 Å². The van der Waals surface area contributed by atoms with Crippen LogP contribution >= 0.6 is 11.6 Å². The van der Waals surface area contributed by atoms with E-state index in [0.717, 1.165) is 0 Å². The molecule has 0 aliphatic heterocycles. The smallest absolute Gasteiger partial charge is 0.337 e. The number of urea groups is 1. The van der Waals surface area contributed by atoms with Gasteiger partial charge in [0.1, 0.15) is 0 Å². The molecule has 8 heteroatoms. The zero-order valence-corrected chi connectivity index (χ0v) is 12.3. The van der Waals surface area contributed by atoms with E-state index in [-0.39, 0.29) is 17.1 Å². The standard InChI is InChI=1S/C13H16ClN3O4/c1-13(2,11(15)20)6-16-12(21)17-7-3-4-8(10(18)19)9(14)5-7/h3-5H,6H2,1-2H3,(H2,15,20)(H,18,19)(H2,16,17,21). The minimum Gasteiger partial charge on any atom is -0.478 e. The van der Waals surface area contributed by atoms with Crippen molar-refractivity contribution in [2.45, 2.75) is 13.8 Å². The van der Waals surface area contributed by atoms with Crippen LogP contribution in [0.25, 0.3) is 0 Å². The van der Waals surface area contributed by atoms with Crippen molar-refractivity contribution in [1.29, 1.82) is 0 Å². The summed E-state index contributed by atoms with van der Waals surface area (Å²) in [6.45, 7) is 3.28. The Morgan fingerprint density at radius 2 is 1.95 bits per heavy atom. The third-order valence-electron chi connectivity index (χ3n) is 2.82. The summed E-state index contributed by atoms with van der Waals surface area (Å²) in [5.74, 6) is -1.68. The van der Waals surface area contributed by atoms with Crippen molar-refractivity contribution in [1.82, 2.24) is 5.32 Å². The van der Waals surface area contributed by atoms with Gasteiger partial charge < -0.3 is 21.5 Å². The molecule has 0 spiro atoms. The number of aromatic carboxylic acids is 1. The number of nitrogens with one attached hydrogen (secondary N) is 2. The number of carbonyl (C=O) groups excluding carboxylic acids is 2. The molecule has 0 aliphatic carbocycles. The molecule has 0 atom stereocenters. The van der Waals surface area contributed by atoms with Crippen LogP contribution in [-0.2, 0) is 4.79 Å². The number of nitrogens with two attached hydrogens (primary N) is 1. The quantitative estimate of drug-likeness (QED) is 0.660. The Balaban J connectivity index is 2.66. The predicted molar refractivity (Wildman–Crippen MR) is 78.4 cm³/mol. The van der Waals surface area contributed by atoms with Crippen molar-refractivity contribution < 1.29 is 19.5 Å². The van der Waals surface area contributed by atoms with Gasteiger partial charge in [0.25, 0.3) is 0 Å². The molecule has 0 bridgehead atoms. The first-order valence-corrected chi connectivity index (χ1v) is 6.39. The van der Waals surface area contributed by atoms with E-state index >= 15 is 0 Å². The van der Waals surface area contributed by atoms with Crippen LogP contribution in [0, 0.1) is 5.41 Å². The largest absolute Gasteiger partial charge is 0.478 e. The Bertz CT molecular complexity index is 587. The first kappa shape index (κ1) is 16.8. The molecule has 0 aromatic heterocycles. The molecule has 0 saturated carbocycles. The van der Waals surface area contributed by atoms with Gasteiger partial charge in [-0.1, -0.05) is 11.6 Å². The van der Waals surface area contributed by atoms with Gasteiger partial charge >= 0.3 is 12.0 Å². The lowest BCUT2D eigenvalue weighted by atomic mass is 9.93. The number of halogens is 1. The number of hydrogen-bond acceptors (Lipinski definition) is 3. The highest BCUT2D eigenvalue weighted by molar-refractivity contribution is 6.33. The summed E-state index contributed by atoms with van der Waals surface area (Å²) in [7, 11) is 0. The fourth-order valence-electron chi connectivity index (χ4n) is 1.33. The van der Waals surface area contributed by atoms with Gasteiger partial charge in [-0.2, -0.15) is 0 Å². The highest BCUT2D eigenvalue weighted by Crippen LogP contribution is 2.21. The van der Waals surface area contributed by atoms with E-state index in [9.17, 15) is 14.4 Å². The van der Waals surface area contributed by atoms with Gasteiger partial charge in [0.15, 0.2) is 0 Å². The number of anilines is 1. The molecule has 114 valence electrons. The second kappa shape index (κ2) is 6.45. The van der Waals surface area contributed by atoms with Crippen LogP contribution in [0.5, 0.6) is 0 Å². The molecule has 5 N–H and O–H groups in total. The van der Waals surface area contributed by atoms with E-state index in [4.69, 9.17) is 22.4 Å². The maximum atomic E-state index is 11.7. The fourth-order valence-corrected chi connectivity index (χ4v) is 1.59. The Labute approximate surface area is 126 Å². The summed E-state index contributed by atoms with van der Waals surface area (Å²) in [6, 6.07) is 3.47. The minimum atomic E-state index is -1.15. The van der Waals surface area contributed by atoms with Crippen molar-refractivity contribution in [3.63, 3.8) is 0 Å².